The third kappa shape index (κ3) is 1.66. The summed E-state index contributed by atoms with van der Waals surface area (Å²) in [6.07, 6.45) is 2.40. The summed E-state index contributed by atoms with van der Waals surface area (Å²) in [5.41, 5.74) is 0.189. The number of hydrogen-bond acceptors (Lipinski definition) is 1. The van der Waals surface area contributed by atoms with Crippen molar-refractivity contribution in [1.82, 2.24) is 0 Å². The third-order valence-electron chi connectivity index (χ3n) is 2.25. The van der Waals surface area contributed by atoms with Crippen LogP contribution in [0.3, 0.4) is 0 Å². The van der Waals surface area contributed by atoms with Crippen LogP contribution < -0.4 is 5.32 Å². The molecule has 0 bridgehead atoms. The highest BCUT2D eigenvalue weighted by Crippen LogP contribution is 2.18. The Morgan fingerprint density at radius 2 is 1.89 bits per heavy atom. The lowest BCUT2D eigenvalue weighted by molar-refractivity contribution is -0.668. The first-order valence-corrected chi connectivity index (χ1v) is 3.64. The largest absolute Gasteiger partial charge is 0.378 e. The molecule has 1 saturated heterocycles. The molecule has 0 saturated carbocycles. The normalized spacial score (nSPS) is 26.0. The SMILES string of the molecule is COC1(C)CC[NH2+]CC1. The lowest BCUT2D eigenvalue weighted by Gasteiger charge is -2.30. The maximum Gasteiger partial charge on any atom is 0.0783 e. The topological polar surface area (TPSA) is 25.8 Å². The zero-order valence-electron chi connectivity index (χ0n) is 6.31. The molecule has 1 aliphatic rings. The predicted molar refractivity (Wildman–Crippen MR) is 36.3 cm³/mol. The molecule has 0 unspecified atom stereocenters. The molecule has 0 aromatic heterocycles. The number of hydrogen-bond donors (Lipinski definition) is 1. The van der Waals surface area contributed by atoms with Crippen molar-refractivity contribution in [3.8, 4) is 0 Å². The number of ether oxygens (including phenoxy) is 1. The van der Waals surface area contributed by atoms with E-state index in [4.69, 9.17) is 4.74 Å². The first-order chi connectivity index (χ1) is 4.27. The van der Waals surface area contributed by atoms with Gasteiger partial charge in [0.15, 0.2) is 0 Å². The fourth-order valence-corrected chi connectivity index (χ4v) is 1.29. The Hall–Kier alpha value is -0.0800. The fourth-order valence-electron chi connectivity index (χ4n) is 1.29. The van der Waals surface area contributed by atoms with Crippen LogP contribution in [0.25, 0.3) is 0 Å². The van der Waals surface area contributed by atoms with Crippen molar-refractivity contribution in [2.45, 2.75) is 25.4 Å². The highest BCUT2D eigenvalue weighted by atomic mass is 16.5. The minimum absolute atomic E-state index is 0.189. The quantitative estimate of drug-likeness (QED) is 0.520. The standard InChI is InChI=1S/C7H15NO/c1-7(9-2)3-5-8-6-4-7/h8H,3-6H2,1-2H3/p+1. The average molecular weight is 130 g/mol. The van der Waals surface area contributed by atoms with Crippen LogP contribution in [0.1, 0.15) is 19.8 Å². The summed E-state index contributed by atoms with van der Waals surface area (Å²) < 4.78 is 5.36. The Labute approximate surface area is 56.6 Å². The maximum atomic E-state index is 5.36. The van der Waals surface area contributed by atoms with Crippen molar-refractivity contribution in [2.75, 3.05) is 20.2 Å². The molecule has 0 aliphatic carbocycles. The van der Waals surface area contributed by atoms with Crippen LogP contribution in [0.5, 0.6) is 0 Å². The zero-order chi connectivity index (χ0) is 6.74. The first kappa shape index (κ1) is 7.03. The van der Waals surface area contributed by atoms with E-state index in [0.29, 0.717) is 0 Å². The average Bonchev–Trinajstić information content (AvgIpc) is 1.90. The van der Waals surface area contributed by atoms with Crippen LogP contribution in [0.2, 0.25) is 0 Å². The summed E-state index contributed by atoms with van der Waals surface area (Å²) in [6, 6.07) is 0. The van der Waals surface area contributed by atoms with Crippen molar-refractivity contribution in [1.29, 1.82) is 0 Å². The van der Waals surface area contributed by atoms with E-state index in [1.807, 2.05) is 7.11 Å². The molecule has 54 valence electrons. The number of nitrogens with two attached hydrogens (primary N) is 1. The van der Waals surface area contributed by atoms with Gasteiger partial charge in [-0.05, 0) is 6.92 Å². The smallest absolute Gasteiger partial charge is 0.0783 e. The minimum atomic E-state index is 0.189. The van der Waals surface area contributed by atoms with Crippen molar-refractivity contribution in [3.05, 3.63) is 0 Å². The highest BCUT2D eigenvalue weighted by Gasteiger charge is 2.27. The molecule has 0 atom stereocenters. The van der Waals surface area contributed by atoms with Crippen LogP contribution in [-0.2, 0) is 4.74 Å². The van der Waals surface area contributed by atoms with E-state index in [1.165, 1.54) is 25.9 Å². The molecular formula is C7H16NO+. The van der Waals surface area contributed by atoms with E-state index >= 15 is 0 Å². The summed E-state index contributed by atoms with van der Waals surface area (Å²) in [5.74, 6) is 0. The van der Waals surface area contributed by atoms with Crippen LogP contribution in [-0.4, -0.2) is 25.8 Å². The van der Waals surface area contributed by atoms with Crippen LogP contribution in [0.4, 0.5) is 0 Å². The highest BCUT2D eigenvalue weighted by molar-refractivity contribution is 4.75. The lowest BCUT2D eigenvalue weighted by atomic mass is 9.95. The monoisotopic (exact) mass is 130 g/mol. The number of piperidine rings is 1. The number of quaternary nitrogens is 1. The van der Waals surface area contributed by atoms with Gasteiger partial charge in [-0.25, -0.2) is 0 Å². The molecule has 0 amide bonds. The Bertz CT molecular complexity index is 86.9. The van der Waals surface area contributed by atoms with E-state index in [2.05, 4.69) is 12.2 Å². The van der Waals surface area contributed by atoms with Crippen LogP contribution in [0, 0.1) is 0 Å². The summed E-state index contributed by atoms with van der Waals surface area (Å²) >= 11 is 0. The number of rotatable bonds is 1. The van der Waals surface area contributed by atoms with E-state index in [1.54, 1.807) is 0 Å². The van der Waals surface area contributed by atoms with Crippen molar-refractivity contribution in [2.24, 2.45) is 0 Å². The van der Waals surface area contributed by atoms with Gasteiger partial charge in [-0.1, -0.05) is 0 Å². The third-order valence-corrected chi connectivity index (χ3v) is 2.25. The summed E-state index contributed by atoms with van der Waals surface area (Å²) in [5, 5.41) is 2.35. The Balaban J connectivity index is 2.37. The zero-order valence-corrected chi connectivity index (χ0v) is 6.31. The maximum absolute atomic E-state index is 5.36. The van der Waals surface area contributed by atoms with Gasteiger partial charge in [0.2, 0.25) is 0 Å². The molecule has 0 aromatic carbocycles. The Morgan fingerprint density at radius 1 is 1.33 bits per heavy atom. The molecule has 2 heteroatoms. The van der Waals surface area contributed by atoms with Gasteiger partial charge in [-0.3, -0.25) is 0 Å². The second-order valence-electron chi connectivity index (χ2n) is 3.02. The van der Waals surface area contributed by atoms with E-state index in [0.717, 1.165) is 0 Å². The summed E-state index contributed by atoms with van der Waals surface area (Å²) in [7, 11) is 1.81. The van der Waals surface area contributed by atoms with Crippen LogP contribution in [0.15, 0.2) is 0 Å². The van der Waals surface area contributed by atoms with Gasteiger partial charge in [-0.2, -0.15) is 0 Å². The van der Waals surface area contributed by atoms with Gasteiger partial charge in [0.25, 0.3) is 0 Å². The molecular weight excluding hydrogens is 114 g/mol. The molecule has 0 radical (unpaired) electrons. The van der Waals surface area contributed by atoms with E-state index in [9.17, 15) is 0 Å². The molecule has 1 rings (SSSR count). The van der Waals surface area contributed by atoms with Crippen molar-refractivity contribution < 1.29 is 10.1 Å². The molecule has 0 aromatic rings. The predicted octanol–water partition coefficient (Wildman–Crippen LogP) is -0.251. The van der Waals surface area contributed by atoms with Gasteiger partial charge in [-0.15, -0.1) is 0 Å². The minimum Gasteiger partial charge on any atom is -0.378 e. The van der Waals surface area contributed by atoms with Gasteiger partial charge >= 0.3 is 0 Å². The van der Waals surface area contributed by atoms with Crippen molar-refractivity contribution in [3.63, 3.8) is 0 Å². The van der Waals surface area contributed by atoms with E-state index in [-0.39, 0.29) is 5.60 Å². The molecule has 0 spiro atoms. The lowest BCUT2D eigenvalue weighted by Crippen LogP contribution is -2.87. The Kier molecular flexibility index (Phi) is 2.09. The van der Waals surface area contributed by atoms with Crippen LogP contribution >= 0.6 is 0 Å². The summed E-state index contributed by atoms with van der Waals surface area (Å²) in [6.45, 7) is 4.65. The molecule has 1 fully saturated rings. The van der Waals surface area contributed by atoms with E-state index < -0.39 is 0 Å². The second kappa shape index (κ2) is 2.67. The second-order valence-corrected chi connectivity index (χ2v) is 3.02. The van der Waals surface area contributed by atoms with Gasteiger partial charge in [0.05, 0.1) is 18.7 Å². The molecule has 1 heterocycles. The number of methoxy groups -OCH3 is 1. The molecule has 2 nitrogen and oxygen atoms in total. The molecule has 9 heavy (non-hydrogen) atoms. The van der Waals surface area contributed by atoms with Crippen molar-refractivity contribution >= 4 is 0 Å². The molecule has 2 N–H and O–H groups in total. The Morgan fingerprint density at radius 3 is 2.22 bits per heavy atom. The summed E-state index contributed by atoms with van der Waals surface area (Å²) in [4.78, 5) is 0. The van der Waals surface area contributed by atoms with Gasteiger partial charge < -0.3 is 10.1 Å². The fraction of sp³-hybridized carbons (Fsp3) is 1.00. The first-order valence-electron chi connectivity index (χ1n) is 3.64. The van der Waals surface area contributed by atoms with Gasteiger partial charge in [0, 0.05) is 20.0 Å². The molecule has 1 aliphatic heterocycles. The van der Waals surface area contributed by atoms with Gasteiger partial charge in [0.1, 0.15) is 0 Å².